The molecule has 5 heteroatoms. The van der Waals surface area contributed by atoms with Gasteiger partial charge in [-0.25, -0.2) is 9.97 Å². The van der Waals surface area contributed by atoms with Gasteiger partial charge in [0.15, 0.2) is 5.65 Å². The van der Waals surface area contributed by atoms with Crippen molar-refractivity contribution >= 4 is 16.7 Å². The first-order valence-corrected chi connectivity index (χ1v) is 8.14. The Morgan fingerprint density at radius 2 is 1.72 bits per heavy atom. The second kappa shape index (κ2) is 5.27. The summed E-state index contributed by atoms with van der Waals surface area (Å²) in [7, 11) is 0. The third kappa shape index (κ3) is 2.13. The first-order chi connectivity index (χ1) is 12.3. The molecule has 3 aromatic heterocycles. The van der Waals surface area contributed by atoms with Crippen LogP contribution < -0.4 is 0 Å². The van der Waals surface area contributed by atoms with Crippen molar-refractivity contribution in [1.29, 1.82) is 0 Å². The molecule has 0 bridgehead atoms. The number of fused-ring (bicyclic) bond motifs is 2. The van der Waals surface area contributed by atoms with Crippen molar-refractivity contribution in [1.82, 2.24) is 24.1 Å². The summed E-state index contributed by atoms with van der Waals surface area (Å²) in [4.78, 5) is 9.23. The van der Waals surface area contributed by atoms with Crippen molar-refractivity contribution in [2.24, 2.45) is 0 Å². The highest BCUT2D eigenvalue weighted by Gasteiger charge is 2.14. The summed E-state index contributed by atoms with van der Waals surface area (Å²) < 4.78 is 3.93. The van der Waals surface area contributed by atoms with Crippen molar-refractivity contribution in [3.8, 4) is 16.9 Å². The molecule has 0 aliphatic rings. The van der Waals surface area contributed by atoms with Crippen LogP contribution in [-0.2, 0) is 0 Å². The van der Waals surface area contributed by atoms with E-state index in [1.54, 1.807) is 0 Å². The highest BCUT2D eigenvalue weighted by atomic mass is 15.3. The first kappa shape index (κ1) is 13.9. The summed E-state index contributed by atoms with van der Waals surface area (Å²) in [5, 5.41) is 4.60. The molecule has 0 aliphatic carbocycles. The van der Waals surface area contributed by atoms with E-state index < -0.39 is 0 Å². The highest BCUT2D eigenvalue weighted by molar-refractivity contribution is 5.79. The fourth-order valence-electron chi connectivity index (χ4n) is 3.20. The van der Waals surface area contributed by atoms with Crippen LogP contribution in [0.3, 0.4) is 0 Å². The van der Waals surface area contributed by atoms with Crippen molar-refractivity contribution < 1.29 is 0 Å². The van der Waals surface area contributed by atoms with Gasteiger partial charge >= 0.3 is 0 Å². The molecule has 5 rings (SSSR count). The maximum absolute atomic E-state index is 4.73. The maximum Gasteiger partial charge on any atom is 0.165 e. The zero-order chi connectivity index (χ0) is 16.8. The Morgan fingerprint density at radius 1 is 0.920 bits per heavy atom. The molecule has 0 aliphatic heterocycles. The summed E-state index contributed by atoms with van der Waals surface area (Å²) in [5.41, 5.74) is 5.93. The van der Waals surface area contributed by atoms with Gasteiger partial charge in [0.2, 0.25) is 0 Å². The third-order valence-corrected chi connectivity index (χ3v) is 4.37. The molecule has 0 saturated carbocycles. The van der Waals surface area contributed by atoms with E-state index in [0.717, 1.165) is 39.3 Å². The van der Waals surface area contributed by atoms with Crippen molar-refractivity contribution in [2.75, 3.05) is 0 Å². The van der Waals surface area contributed by atoms with Crippen LogP contribution in [0.2, 0.25) is 0 Å². The maximum atomic E-state index is 4.73. The fourth-order valence-corrected chi connectivity index (χ4v) is 3.20. The van der Waals surface area contributed by atoms with E-state index in [1.807, 2.05) is 66.4 Å². The highest BCUT2D eigenvalue weighted by Crippen LogP contribution is 2.26. The number of aryl methyl sites for hydroxylation is 1. The number of rotatable bonds is 2. The molecule has 0 unspecified atom stereocenters. The lowest BCUT2D eigenvalue weighted by Crippen LogP contribution is -2.05. The Bertz CT molecular complexity index is 1200. The molecule has 0 amide bonds. The van der Waals surface area contributed by atoms with Crippen LogP contribution >= 0.6 is 0 Å². The molecule has 0 spiro atoms. The van der Waals surface area contributed by atoms with Gasteiger partial charge in [0.05, 0.1) is 17.2 Å². The fraction of sp³-hybridized carbons (Fsp3) is 0.0500. The van der Waals surface area contributed by atoms with Crippen LogP contribution in [0.15, 0.2) is 73.2 Å². The molecular formula is C20H15N5. The van der Waals surface area contributed by atoms with Crippen LogP contribution in [0.1, 0.15) is 5.69 Å². The van der Waals surface area contributed by atoms with Gasteiger partial charge < -0.3 is 0 Å². The van der Waals surface area contributed by atoms with Gasteiger partial charge in [-0.15, -0.1) is 0 Å². The van der Waals surface area contributed by atoms with Crippen LogP contribution in [0, 0.1) is 6.92 Å². The summed E-state index contributed by atoms with van der Waals surface area (Å²) in [6.45, 7) is 2.00. The monoisotopic (exact) mass is 325 g/mol. The Hall–Kier alpha value is -3.47. The normalized spacial score (nSPS) is 11.4. The van der Waals surface area contributed by atoms with Gasteiger partial charge in [-0.3, -0.25) is 4.57 Å². The predicted octanol–water partition coefficient (Wildman–Crippen LogP) is 4.04. The molecule has 5 aromatic rings. The summed E-state index contributed by atoms with van der Waals surface area (Å²) >= 11 is 0. The topological polar surface area (TPSA) is 48.0 Å². The summed E-state index contributed by atoms with van der Waals surface area (Å²) in [6, 6.07) is 20.3. The number of para-hydroxylation sites is 2. The average molecular weight is 325 g/mol. The molecule has 120 valence electrons. The molecular weight excluding hydrogens is 310 g/mol. The van der Waals surface area contributed by atoms with Gasteiger partial charge in [-0.2, -0.15) is 9.61 Å². The lowest BCUT2D eigenvalue weighted by Gasteiger charge is -2.09. The molecule has 0 fully saturated rings. The lowest BCUT2D eigenvalue weighted by atomic mass is 10.1. The Labute approximate surface area is 144 Å². The molecule has 25 heavy (non-hydrogen) atoms. The van der Waals surface area contributed by atoms with E-state index in [1.165, 1.54) is 0 Å². The van der Waals surface area contributed by atoms with Crippen LogP contribution in [0.5, 0.6) is 0 Å². The third-order valence-electron chi connectivity index (χ3n) is 4.37. The van der Waals surface area contributed by atoms with Gasteiger partial charge in [0.1, 0.15) is 12.1 Å². The Balaban J connectivity index is 1.81. The predicted molar refractivity (Wildman–Crippen MR) is 97.8 cm³/mol. The second-order valence-electron chi connectivity index (χ2n) is 6.02. The molecule has 0 atom stereocenters. The molecule has 5 nitrogen and oxygen atoms in total. The van der Waals surface area contributed by atoms with Gasteiger partial charge in [0, 0.05) is 17.3 Å². The Morgan fingerprint density at radius 3 is 2.60 bits per heavy atom. The van der Waals surface area contributed by atoms with E-state index >= 15 is 0 Å². The summed E-state index contributed by atoms with van der Waals surface area (Å²) in [5.74, 6) is 0.929. The average Bonchev–Trinajstić information content (AvgIpc) is 3.26. The molecule has 0 N–H and O–H groups in total. The minimum Gasteiger partial charge on any atom is -0.283 e. The summed E-state index contributed by atoms with van der Waals surface area (Å²) in [6.07, 6.45) is 3.71. The lowest BCUT2D eigenvalue weighted by molar-refractivity contribution is 0.858. The number of aromatic nitrogens is 5. The van der Waals surface area contributed by atoms with Crippen LogP contribution in [0.25, 0.3) is 33.6 Å². The van der Waals surface area contributed by atoms with E-state index in [2.05, 4.69) is 32.8 Å². The van der Waals surface area contributed by atoms with E-state index in [9.17, 15) is 0 Å². The van der Waals surface area contributed by atoms with Crippen LogP contribution in [-0.4, -0.2) is 24.1 Å². The van der Waals surface area contributed by atoms with Crippen molar-refractivity contribution in [2.45, 2.75) is 6.92 Å². The molecule has 0 radical (unpaired) electrons. The van der Waals surface area contributed by atoms with Gasteiger partial charge in [-0.05, 0) is 24.6 Å². The van der Waals surface area contributed by atoms with E-state index in [4.69, 9.17) is 4.98 Å². The van der Waals surface area contributed by atoms with Gasteiger partial charge in [-0.1, -0.05) is 42.5 Å². The molecule has 0 saturated heterocycles. The van der Waals surface area contributed by atoms with Gasteiger partial charge in [0.25, 0.3) is 0 Å². The number of imidazole rings is 1. The minimum absolute atomic E-state index is 0.846. The molecule has 2 aromatic carbocycles. The number of hydrogen-bond acceptors (Lipinski definition) is 3. The Kier molecular flexibility index (Phi) is 2.94. The number of nitrogens with zero attached hydrogens (tertiary/aromatic N) is 5. The minimum atomic E-state index is 0.846. The standard InChI is InChI=1S/C20H15N5/c1-14-11-19(24-13-21-17-9-5-6-10-18(17)24)25-20(23-14)16(12-22-25)15-7-3-2-4-8-15/h2-13H,1H3. The largest absolute Gasteiger partial charge is 0.283 e. The zero-order valence-electron chi connectivity index (χ0n) is 13.7. The van der Waals surface area contributed by atoms with Crippen molar-refractivity contribution in [3.05, 3.63) is 78.9 Å². The second-order valence-corrected chi connectivity index (χ2v) is 6.02. The smallest absolute Gasteiger partial charge is 0.165 e. The number of hydrogen-bond donors (Lipinski definition) is 0. The SMILES string of the molecule is Cc1cc(-n2cnc3ccccc32)n2ncc(-c3ccccc3)c2n1. The molecule has 3 heterocycles. The van der Waals surface area contributed by atoms with Crippen LogP contribution in [0.4, 0.5) is 0 Å². The number of benzene rings is 2. The van der Waals surface area contributed by atoms with E-state index in [-0.39, 0.29) is 0 Å². The van der Waals surface area contributed by atoms with E-state index in [0.29, 0.717) is 0 Å². The zero-order valence-corrected chi connectivity index (χ0v) is 13.7. The first-order valence-electron chi connectivity index (χ1n) is 8.14. The van der Waals surface area contributed by atoms with Crippen molar-refractivity contribution in [3.63, 3.8) is 0 Å². The quantitative estimate of drug-likeness (QED) is 0.492.